The van der Waals surface area contributed by atoms with Crippen LogP contribution >= 0.6 is 15.9 Å². The number of carbonyl (C=O) groups is 2. The fraction of sp³-hybridized carbons (Fsp3) is 0.800. The van der Waals surface area contributed by atoms with Crippen LogP contribution in [0, 0.1) is 5.41 Å². The van der Waals surface area contributed by atoms with E-state index in [1.54, 1.807) is 0 Å². The van der Waals surface area contributed by atoms with Crippen molar-refractivity contribution in [3.63, 3.8) is 0 Å². The SMILES string of the molecule is CC(C)(CBr)C(=O)N1CCC[C@H]1C(=O)O. The van der Waals surface area contributed by atoms with Gasteiger partial charge in [0.2, 0.25) is 5.91 Å². The molecule has 0 bridgehead atoms. The van der Waals surface area contributed by atoms with E-state index in [2.05, 4.69) is 15.9 Å². The zero-order valence-electron chi connectivity index (χ0n) is 8.99. The third-order valence-electron chi connectivity index (χ3n) is 2.71. The van der Waals surface area contributed by atoms with Crippen LogP contribution in [0.1, 0.15) is 26.7 Å². The Bertz CT molecular complexity index is 278. The average molecular weight is 278 g/mol. The highest BCUT2D eigenvalue weighted by Crippen LogP contribution is 2.27. The molecule has 1 heterocycles. The van der Waals surface area contributed by atoms with Crippen molar-refractivity contribution in [1.82, 2.24) is 4.90 Å². The highest BCUT2D eigenvalue weighted by atomic mass is 79.9. The summed E-state index contributed by atoms with van der Waals surface area (Å²) < 4.78 is 0. The van der Waals surface area contributed by atoms with E-state index in [9.17, 15) is 9.59 Å². The molecule has 1 aliphatic heterocycles. The van der Waals surface area contributed by atoms with Crippen LogP contribution in [0.4, 0.5) is 0 Å². The van der Waals surface area contributed by atoms with Gasteiger partial charge in [0.1, 0.15) is 6.04 Å². The average Bonchev–Trinajstić information content (AvgIpc) is 2.64. The van der Waals surface area contributed by atoms with Crippen molar-refractivity contribution in [3.8, 4) is 0 Å². The lowest BCUT2D eigenvalue weighted by molar-refractivity contribution is -0.151. The molecule has 1 saturated heterocycles. The maximum atomic E-state index is 12.0. The molecule has 0 unspecified atom stereocenters. The first kappa shape index (κ1) is 12.5. The molecule has 1 amide bonds. The zero-order valence-corrected chi connectivity index (χ0v) is 10.6. The molecule has 0 aromatic heterocycles. The molecule has 0 saturated carbocycles. The molecule has 5 heteroatoms. The van der Waals surface area contributed by atoms with Gasteiger partial charge < -0.3 is 10.0 Å². The number of amides is 1. The molecule has 0 aromatic rings. The number of nitrogens with zero attached hydrogens (tertiary/aromatic N) is 1. The second-order valence-electron chi connectivity index (χ2n) is 4.51. The monoisotopic (exact) mass is 277 g/mol. The van der Waals surface area contributed by atoms with E-state index in [-0.39, 0.29) is 5.91 Å². The first-order chi connectivity index (χ1) is 6.90. The van der Waals surface area contributed by atoms with Crippen molar-refractivity contribution in [1.29, 1.82) is 0 Å². The lowest BCUT2D eigenvalue weighted by Gasteiger charge is -2.30. The Kier molecular flexibility index (Phi) is 3.76. The molecule has 1 N–H and O–H groups in total. The summed E-state index contributed by atoms with van der Waals surface area (Å²) in [5.74, 6) is -0.976. The van der Waals surface area contributed by atoms with Gasteiger partial charge in [-0.15, -0.1) is 0 Å². The van der Waals surface area contributed by atoms with E-state index in [0.29, 0.717) is 18.3 Å². The molecule has 1 rings (SSSR count). The Morgan fingerprint density at radius 3 is 2.60 bits per heavy atom. The van der Waals surface area contributed by atoms with Crippen LogP contribution in [0.25, 0.3) is 0 Å². The molecule has 86 valence electrons. The summed E-state index contributed by atoms with van der Waals surface area (Å²) in [5, 5.41) is 9.51. The number of alkyl halides is 1. The topological polar surface area (TPSA) is 57.6 Å². The van der Waals surface area contributed by atoms with Crippen molar-refractivity contribution < 1.29 is 14.7 Å². The smallest absolute Gasteiger partial charge is 0.326 e. The number of halogens is 1. The first-order valence-electron chi connectivity index (χ1n) is 5.00. The Morgan fingerprint density at radius 1 is 1.53 bits per heavy atom. The van der Waals surface area contributed by atoms with E-state index in [1.807, 2.05) is 13.8 Å². The summed E-state index contributed by atoms with van der Waals surface area (Å²) in [4.78, 5) is 24.5. The Labute approximate surface area is 97.8 Å². The summed E-state index contributed by atoms with van der Waals surface area (Å²) >= 11 is 3.28. The van der Waals surface area contributed by atoms with Crippen LogP contribution < -0.4 is 0 Å². The minimum Gasteiger partial charge on any atom is -0.480 e. The lowest BCUT2D eigenvalue weighted by atomic mass is 9.94. The molecule has 0 aromatic carbocycles. The largest absolute Gasteiger partial charge is 0.480 e. The number of carboxylic acid groups (broad SMARTS) is 1. The van der Waals surface area contributed by atoms with Gasteiger partial charge in [-0.05, 0) is 12.8 Å². The van der Waals surface area contributed by atoms with Gasteiger partial charge in [-0.1, -0.05) is 29.8 Å². The summed E-state index contributed by atoms with van der Waals surface area (Å²) in [5.41, 5.74) is -0.530. The Morgan fingerprint density at radius 2 is 2.13 bits per heavy atom. The predicted molar refractivity (Wildman–Crippen MR) is 59.9 cm³/mol. The van der Waals surface area contributed by atoms with Crippen LogP contribution in [0.15, 0.2) is 0 Å². The molecule has 0 spiro atoms. The number of carboxylic acids is 1. The standard InChI is InChI=1S/C10H16BrNO3/c1-10(2,6-11)9(15)12-5-3-4-7(12)8(13)14/h7H,3-6H2,1-2H3,(H,13,14)/t7-/m0/s1. The molecule has 4 nitrogen and oxygen atoms in total. The van der Waals surface area contributed by atoms with Crippen molar-refractivity contribution in [2.45, 2.75) is 32.7 Å². The van der Waals surface area contributed by atoms with Crippen LogP contribution in [-0.2, 0) is 9.59 Å². The van der Waals surface area contributed by atoms with Gasteiger partial charge in [0.15, 0.2) is 0 Å². The van der Waals surface area contributed by atoms with E-state index in [1.165, 1.54) is 4.90 Å². The fourth-order valence-corrected chi connectivity index (χ4v) is 1.95. The fourth-order valence-electron chi connectivity index (χ4n) is 1.71. The number of carbonyl (C=O) groups excluding carboxylic acids is 1. The van der Waals surface area contributed by atoms with Crippen molar-refractivity contribution in [3.05, 3.63) is 0 Å². The second kappa shape index (κ2) is 4.51. The van der Waals surface area contributed by atoms with E-state index in [0.717, 1.165) is 6.42 Å². The predicted octanol–water partition coefficient (Wildman–Crippen LogP) is 1.48. The second-order valence-corrected chi connectivity index (χ2v) is 5.07. The molecule has 0 radical (unpaired) electrons. The van der Waals surface area contributed by atoms with Crippen molar-refractivity contribution in [2.75, 3.05) is 11.9 Å². The lowest BCUT2D eigenvalue weighted by Crippen LogP contribution is -2.47. The van der Waals surface area contributed by atoms with E-state index >= 15 is 0 Å². The molecule has 1 aliphatic rings. The third kappa shape index (κ3) is 2.51. The highest BCUT2D eigenvalue weighted by Gasteiger charge is 2.39. The van der Waals surface area contributed by atoms with Gasteiger partial charge >= 0.3 is 5.97 Å². The normalized spacial score (nSPS) is 21.8. The number of hydrogen-bond acceptors (Lipinski definition) is 2. The van der Waals surface area contributed by atoms with Crippen LogP contribution in [0.2, 0.25) is 0 Å². The van der Waals surface area contributed by atoms with Gasteiger partial charge in [-0.25, -0.2) is 4.79 Å². The van der Waals surface area contributed by atoms with Gasteiger partial charge in [-0.2, -0.15) is 0 Å². The summed E-state index contributed by atoms with van der Waals surface area (Å²) in [6.07, 6.45) is 1.35. The van der Waals surface area contributed by atoms with Crippen LogP contribution in [0.5, 0.6) is 0 Å². The summed E-state index contributed by atoms with van der Waals surface area (Å²) in [6, 6.07) is -0.629. The maximum Gasteiger partial charge on any atom is 0.326 e. The third-order valence-corrected chi connectivity index (χ3v) is 4.11. The van der Waals surface area contributed by atoms with Gasteiger partial charge in [0.05, 0.1) is 5.41 Å². The number of hydrogen-bond donors (Lipinski definition) is 1. The molecule has 0 aliphatic carbocycles. The number of likely N-dealkylation sites (tertiary alicyclic amines) is 1. The van der Waals surface area contributed by atoms with E-state index in [4.69, 9.17) is 5.11 Å². The molecule has 1 atom stereocenters. The minimum atomic E-state index is -0.897. The molecular formula is C10H16BrNO3. The quantitative estimate of drug-likeness (QED) is 0.796. The molecule has 1 fully saturated rings. The number of aliphatic carboxylic acids is 1. The minimum absolute atomic E-state index is 0.0794. The van der Waals surface area contributed by atoms with E-state index < -0.39 is 17.4 Å². The zero-order chi connectivity index (χ0) is 11.6. The first-order valence-corrected chi connectivity index (χ1v) is 6.12. The summed E-state index contributed by atoms with van der Waals surface area (Å²) in [6.45, 7) is 4.20. The molecular weight excluding hydrogens is 262 g/mol. The van der Waals surface area contributed by atoms with Crippen LogP contribution in [0.3, 0.4) is 0 Å². The summed E-state index contributed by atoms with van der Waals surface area (Å²) in [7, 11) is 0. The maximum absolute atomic E-state index is 12.0. The Balaban J connectivity index is 2.79. The molecule has 15 heavy (non-hydrogen) atoms. The van der Waals surface area contributed by atoms with Gasteiger partial charge in [0.25, 0.3) is 0 Å². The van der Waals surface area contributed by atoms with Gasteiger partial charge in [-0.3, -0.25) is 4.79 Å². The van der Waals surface area contributed by atoms with Crippen molar-refractivity contribution in [2.24, 2.45) is 5.41 Å². The Hall–Kier alpha value is -0.580. The van der Waals surface area contributed by atoms with Crippen LogP contribution in [-0.4, -0.2) is 39.8 Å². The van der Waals surface area contributed by atoms with Gasteiger partial charge in [0, 0.05) is 11.9 Å². The number of rotatable bonds is 3. The highest BCUT2D eigenvalue weighted by molar-refractivity contribution is 9.09. The van der Waals surface area contributed by atoms with Crippen molar-refractivity contribution >= 4 is 27.8 Å².